The maximum Gasteiger partial charge on any atom is 0.213 e. The molecule has 3 atom stereocenters. The van der Waals surface area contributed by atoms with E-state index in [-0.39, 0.29) is 5.41 Å². The van der Waals surface area contributed by atoms with E-state index in [9.17, 15) is 10.2 Å². The molecule has 3 N–H and O–H groups in total. The molecular formula is C23H29N3O3. The summed E-state index contributed by atoms with van der Waals surface area (Å²) in [5, 5.41) is 25.1. The van der Waals surface area contributed by atoms with Crippen molar-refractivity contribution in [2.45, 2.75) is 38.5 Å². The number of pyridine rings is 1. The van der Waals surface area contributed by atoms with E-state index < -0.39 is 12.2 Å². The van der Waals surface area contributed by atoms with E-state index in [1.54, 1.807) is 0 Å². The smallest absolute Gasteiger partial charge is 0.213 e. The van der Waals surface area contributed by atoms with Crippen LogP contribution in [0.4, 0.5) is 0 Å². The van der Waals surface area contributed by atoms with Crippen LogP contribution in [-0.4, -0.2) is 45.1 Å². The van der Waals surface area contributed by atoms with E-state index >= 15 is 0 Å². The quantitative estimate of drug-likeness (QED) is 0.573. The van der Waals surface area contributed by atoms with Gasteiger partial charge in [-0.15, -0.1) is 0 Å². The van der Waals surface area contributed by atoms with Gasteiger partial charge in [0.15, 0.2) is 0 Å². The van der Waals surface area contributed by atoms with E-state index in [4.69, 9.17) is 4.74 Å². The molecule has 0 radical (unpaired) electrons. The van der Waals surface area contributed by atoms with Crippen molar-refractivity contribution in [3.05, 3.63) is 59.9 Å². The zero-order valence-corrected chi connectivity index (χ0v) is 17.0. The van der Waals surface area contributed by atoms with Crippen molar-refractivity contribution < 1.29 is 14.9 Å². The highest BCUT2D eigenvalue weighted by atomic mass is 16.5. The van der Waals surface area contributed by atoms with Gasteiger partial charge in [0.25, 0.3) is 0 Å². The maximum atomic E-state index is 10.2. The van der Waals surface area contributed by atoms with E-state index in [0.717, 1.165) is 12.2 Å². The molecular weight excluding hydrogens is 366 g/mol. The van der Waals surface area contributed by atoms with Crippen molar-refractivity contribution >= 4 is 10.9 Å². The number of aromatic nitrogens is 2. The van der Waals surface area contributed by atoms with E-state index in [0.29, 0.717) is 31.9 Å². The first kappa shape index (κ1) is 19.9. The molecule has 0 spiro atoms. The number of fused-ring (bicyclic) bond motifs is 1. The Hall–Kier alpha value is -2.41. The zero-order chi connectivity index (χ0) is 20.4. The number of para-hydroxylation sites is 1. The summed E-state index contributed by atoms with van der Waals surface area (Å²) in [5.74, 6) is 0.578. The molecule has 2 aromatic heterocycles. The van der Waals surface area contributed by atoms with E-state index in [1.165, 1.54) is 16.5 Å². The normalized spacial score (nSPS) is 24.3. The molecule has 2 heterocycles. The lowest BCUT2D eigenvalue weighted by molar-refractivity contribution is 0.0438. The Morgan fingerprint density at radius 2 is 1.90 bits per heavy atom. The topological polar surface area (TPSA) is 79.5 Å². The van der Waals surface area contributed by atoms with Gasteiger partial charge in [-0.05, 0) is 37.5 Å². The van der Waals surface area contributed by atoms with Crippen molar-refractivity contribution in [3.8, 4) is 5.88 Å². The second-order valence-electron chi connectivity index (χ2n) is 8.33. The Balaban J connectivity index is 1.44. The zero-order valence-electron chi connectivity index (χ0n) is 17.0. The highest BCUT2D eigenvalue weighted by Crippen LogP contribution is 2.38. The average molecular weight is 396 g/mol. The summed E-state index contributed by atoms with van der Waals surface area (Å²) in [6, 6.07) is 14.0. The third-order valence-electron chi connectivity index (χ3n) is 5.91. The van der Waals surface area contributed by atoms with Crippen molar-refractivity contribution in [1.29, 1.82) is 0 Å². The number of nitrogens with zero attached hydrogens (tertiary/aromatic N) is 2. The minimum absolute atomic E-state index is 0.338. The van der Waals surface area contributed by atoms with Crippen molar-refractivity contribution in [1.82, 2.24) is 14.9 Å². The summed E-state index contributed by atoms with van der Waals surface area (Å²) < 4.78 is 8.11. The third-order valence-corrected chi connectivity index (χ3v) is 5.91. The largest absolute Gasteiger partial charge is 0.477 e. The van der Waals surface area contributed by atoms with Gasteiger partial charge < -0.3 is 24.8 Å². The van der Waals surface area contributed by atoms with Crippen LogP contribution in [0.25, 0.3) is 10.9 Å². The van der Waals surface area contributed by atoms with Gasteiger partial charge in [0.1, 0.15) is 0 Å². The number of hydrogen-bond acceptors (Lipinski definition) is 5. The molecule has 1 fully saturated rings. The second kappa shape index (κ2) is 8.14. The summed E-state index contributed by atoms with van der Waals surface area (Å²) in [6.07, 6.45) is 1.72. The Morgan fingerprint density at radius 3 is 2.66 bits per heavy atom. The van der Waals surface area contributed by atoms with Gasteiger partial charge in [-0.1, -0.05) is 24.3 Å². The summed E-state index contributed by atoms with van der Waals surface area (Å²) in [4.78, 5) is 4.40. The molecule has 0 saturated heterocycles. The molecule has 1 aliphatic rings. The molecule has 154 valence electrons. The monoisotopic (exact) mass is 395 g/mol. The van der Waals surface area contributed by atoms with Crippen LogP contribution in [0.5, 0.6) is 5.88 Å². The molecule has 0 aliphatic heterocycles. The Labute approximate surface area is 171 Å². The van der Waals surface area contributed by atoms with Crippen LogP contribution in [0.3, 0.4) is 0 Å². The fourth-order valence-electron chi connectivity index (χ4n) is 4.41. The second-order valence-corrected chi connectivity index (χ2v) is 8.33. The van der Waals surface area contributed by atoms with Crippen LogP contribution < -0.4 is 10.1 Å². The molecule has 3 aromatic rings. The summed E-state index contributed by atoms with van der Waals surface area (Å²) in [7, 11) is 2.06. The molecule has 6 heteroatoms. The minimum atomic E-state index is -0.719. The highest BCUT2D eigenvalue weighted by molar-refractivity contribution is 5.83. The van der Waals surface area contributed by atoms with Gasteiger partial charge in [-0.2, -0.15) is 0 Å². The SMILES string of the molecule is Cc1cccc(OCC2(CNCc3cn(C)c4ccccc34)C[C@@H](O)[C@@H](O)C2)n1. The van der Waals surface area contributed by atoms with Gasteiger partial charge in [-0.3, -0.25) is 0 Å². The van der Waals surface area contributed by atoms with Crippen LogP contribution in [0, 0.1) is 12.3 Å². The van der Waals surface area contributed by atoms with Gasteiger partial charge in [0.05, 0.1) is 18.8 Å². The number of ether oxygens (including phenoxy) is 1. The Morgan fingerprint density at radius 1 is 1.14 bits per heavy atom. The summed E-state index contributed by atoms with van der Waals surface area (Å²) >= 11 is 0. The number of aliphatic hydroxyl groups is 2. The van der Waals surface area contributed by atoms with Gasteiger partial charge in [0.2, 0.25) is 5.88 Å². The van der Waals surface area contributed by atoms with E-state index in [1.807, 2.05) is 31.2 Å². The molecule has 0 bridgehead atoms. The number of aliphatic hydroxyl groups excluding tert-OH is 2. The first-order valence-electron chi connectivity index (χ1n) is 10.1. The number of aryl methyl sites for hydroxylation is 2. The molecule has 1 aromatic carbocycles. The van der Waals surface area contributed by atoms with Crippen LogP contribution in [0.15, 0.2) is 48.7 Å². The van der Waals surface area contributed by atoms with Crippen molar-refractivity contribution in [2.75, 3.05) is 13.2 Å². The first-order valence-corrected chi connectivity index (χ1v) is 10.1. The lowest BCUT2D eigenvalue weighted by atomic mass is 9.86. The number of nitrogens with one attached hydrogen (secondary N) is 1. The number of benzene rings is 1. The van der Waals surface area contributed by atoms with Crippen LogP contribution in [-0.2, 0) is 13.6 Å². The van der Waals surface area contributed by atoms with Gasteiger partial charge in [-0.25, -0.2) is 4.98 Å². The van der Waals surface area contributed by atoms with Gasteiger partial charge >= 0.3 is 0 Å². The highest BCUT2D eigenvalue weighted by Gasteiger charge is 2.44. The molecule has 0 amide bonds. The predicted molar refractivity (Wildman–Crippen MR) is 113 cm³/mol. The molecule has 1 unspecified atom stereocenters. The lowest BCUT2D eigenvalue weighted by Gasteiger charge is -2.29. The summed E-state index contributed by atoms with van der Waals surface area (Å²) in [5.41, 5.74) is 3.00. The molecule has 4 rings (SSSR count). The number of hydrogen-bond donors (Lipinski definition) is 3. The molecule has 6 nitrogen and oxygen atoms in total. The minimum Gasteiger partial charge on any atom is -0.477 e. The third kappa shape index (κ3) is 4.29. The average Bonchev–Trinajstić information content (AvgIpc) is 3.17. The predicted octanol–water partition coefficient (Wildman–Crippen LogP) is 2.55. The van der Waals surface area contributed by atoms with Crippen LogP contribution >= 0.6 is 0 Å². The standard InChI is InChI=1S/C23H29N3O3/c1-16-6-5-9-22(25-16)29-15-23(10-20(27)21(28)11-23)14-24-12-17-13-26(2)19-8-4-3-7-18(17)19/h3-9,13,20-21,24,27-28H,10-12,14-15H2,1-2H3/t20-,21+,23?. The Bertz CT molecular complexity index is 974. The van der Waals surface area contributed by atoms with Crippen molar-refractivity contribution in [3.63, 3.8) is 0 Å². The molecule has 29 heavy (non-hydrogen) atoms. The Kier molecular flexibility index (Phi) is 5.58. The van der Waals surface area contributed by atoms with Crippen molar-refractivity contribution in [2.24, 2.45) is 12.5 Å². The van der Waals surface area contributed by atoms with Gasteiger partial charge in [0, 0.05) is 54.4 Å². The lowest BCUT2D eigenvalue weighted by Crippen LogP contribution is -2.38. The molecule has 1 saturated carbocycles. The van der Waals surface area contributed by atoms with E-state index in [2.05, 4.69) is 46.3 Å². The van der Waals surface area contributed by atoms with Crippen LogP contribution in [0.1, 0.15) is 24.1 Å². The maximum absolute atomic E-state index is 10.2. The fourth-order valence-corrected chi connectivity index (χ4v) is 4.41. The summed E-state index contributed by atoms with van der Waals surface area (Å²) in [6.45, 7) is 3.70. The number of rotatable bonds is 7. The first-order chi connectivity index (χ1) is 14.0. The van der Waals surface area contributed by atoms with Crippen LogP contribution in [0.2, 0.25) is 0 Å². The fraction of sp³-hybridized carbons (Fsp3) is 0.435. The molecule has 1 aliphatic carbocycles.